The van der Waals surface area contributed by atoms with Crippen molar-refractivity contribution in [2.45, 2.75) is 24.9 Å². The zero-order valence-corrected chi connectivity index (χ0v) is 17.1. The van der Waals surface area contributed by atoms with Crippen molar-refractivity contribution in [2.24, 2.45) is 0 Å². The zero-order valence-electron chi connectivity index (χ0n) is 16.3. The molecular weight excluding hydrogens is 390 g/mol. The Morgan fingerprint density at radius 3 is 2.66 bits per heavy atom. The van der Waals surface area contributed by atoms with E-state index < -0.39 is 11.7 Å². The van der Waals surface area contributed by atoms with Crippen LogP contribution in [0.3, 0.4) is 0 Å². The average Bonchev–Trinajstić information content (AvgIpc) is 2.71. The lowest BCUT2D eigenvalue weighted by Crippen LogP contribution is -2.28. The Hall–Kier alpha value is -3.13. The number of methoxy groups -OCH3 is 1. The lowest BCUT2D eigenvalue weighted by Gasteiger charge is -2.15. The van der Waals surface area contributed by atoms with Gasteiger partial charge >= 0.3 is 11.7 Å². The molecule has 0 fully saturated rings. The number of aryl methyl sites for hydroxylation is 1. The fourth-order valence-electron chi connectivity index (χ4n) is 2.98. The first-order valence-electron chi connectivity index (χ1n) is 8.99. The van der Waals surface area contributed by atoms with Crippen LogP contribution in [0.25, 0.3) is 10.8 Å². The van der Waals surface area contributed by atoms with Crippen molar-refractivity contribution < 1.29 is 14.3 Å². The normalized spacial score (nSPS) is 11.8. The van der Waals surface area contributed by atoms with Crippen molar-refractivity contribution in [3.8, 4) is 0 Å². The summed E-state index contributed by atoms with van der Waals surface area (Å²) in [5.74, 6) is -0.831. The van der Waals surface area contributed by atoms with Crippen LogP contribution in [0.4, 0.5) is 0 Å². The van der Waals surface area contributed by atoms with Gasteiger partial charge in [0.2, 0.25) is 5.91 Å². The Morgan fingerprint density at radius 1 is 1.21 bits per heavy atom. The predicted octanol–water partition coefficient (Wildman–Crippen LogP) is 2.99. The maximum absolute atomic E-state index is 12.4. The first kappa shape index (κ1) is 20.6. The number of rotatable bonds is 6. The van der Waals surface area contributed by atoms with Crippen LogP contribution >= 0.6 is 11.8 Å². The molecule has 3 aromatic rings. The van der Waals surface area contributed by atoms with Crippen LogP contribution in [-0.2, 0) is 9.53 Å². The highest BCUT2D eigenvalue weighted by atomic mass is 32.2. The van der Waals surface area contributed by atoms with Gasteiger partial charge in [0, 0.05) is 5.69 Å². The third-order valence-electron chi connectivity index (χ3n) is 4.47. The number of carbonyl (C=O) groups excluding carboxylic acids is 2. The molecule has 0 aliphatic rings. The Labute approximate surface area is 171 Å². The molecule has 0 spiro atoms. The van der Waals surface area contributed by atoms with Crippen LogP contribution in [0.15, 0.2) is 52.3 Å². The standard InChI is InChI=1S/C21H21N3O4S/c1-12(15-9-8-14-6-4-5-7-16(14)10-15)22-17(25)11-29-19-18(20(26)28-3)13(2)23-21(27)24-19/h4-10,12H,11H2,1-3H3,(H,22,25)(H,23,24,27)/t12-/m1/s1. The molecule has 3 rings (SSSR count). The molecule has 0 unspecified atom stereocenters. The van der Waals surface area contributed by atoms with Crippen molar-refractivity contribution in [1.82, 2.24) is 15.3 Å². The van der Waals surface area contributed by atoms with Gasteiger partial charge in [-0.2, -0.15) is 4.98 Å². The molecule has 1 aromatic heterocycles. The van der Waals surface area contributed by atoms with Gasteiger partial charge in [0.05, 0.1) is 18.9 Å². The van der Waals surface area contributed by atoms with Gasteiger partial charge in [-0.15, -0.1) is 0 Å². The van der Waals surface area contributed by atoms with Crippen LogP contribution < -0.4 is 11.0 Å². The number of amides is 1. The summed E-state index contributed by atoms with van der Waals surface area (Å²) in [6.45, 7) is 3.49. The summed E-state index contributed by atoms with van der Waals surface area (Å²) < 4.78 is 4.75. The number of benzene rings is 2. The average molecular weight is 411 g/mol. The molecule has 0 saturated carbocycles. The van der Waals surface area contributed by atoms with E-state index in [4.69, 9.17) is 4.74 Å². The summed E-state index contributed by atoms with van der Waals surface area (Å²) in [4.78, 5) is 42.3. The lowest BCUT2D eigenvalue weighted by molar-refractivity contribution is -0.119. The molecule has 0 aliphatic carbocycles. The SMILES string of the molecule is COC(=O)c1c(SCC(=O)N[C@H](C)c2ccc3ccccc3c2)nc(=O)[nH]c1C. The lowest BCUT2D eigenvalue weighted by atomic mass is 10.0. The van der Waals surface area contributed by atoms with E-state index in [0.717, 1.165) is 28.1 Å². The predicted molar refractivity (Wildman–Crippen MR) is 112 cm³/mol. The van der Waals surface area contributed by atoms with Gasteiger partial charge in [-0.1, -0.05) is 48.2 Å². The van der Waals surface area contributed by atoms with Gasteiger partial charge in [0.1, 0.15) is 10.6 Å². The molecular formula is C21H21N3O4S. The summed E-state index contributed by atoms with van der Waals surface area (Å²) in [5.41, 5.74) is 0.918. The Balaban J connectivity index is 1.69. The smallest absolute Gasteiger partial charge is 0.346 e. The largest absolute Gasteiger partial charge is 0.465 e. The second-order valence-corrected chi connectivity index (χ2v) is 7.49. The van der Waals surface area contributed by atoms with Gasteiger partial charge in [-0.3, -0.25) is 4.79 Å². The highest BCUT2D eigenvalue weighted by Crippen LogP contribution is 2.23. The van der Waals surface area contributed by atoms with E-state index in [1.165, 1.54) is 7.11 Å². The van der Waals surface area contributed by atoms with E-state index >= 15 is 0 Å². The number of fused-ring (bicyclic) bond motifs is 1. The number of ether oxygens (including phenoxy) is 1. The summed E-state index contributed by atoms with van der Waals surface area (Å²) in [6, 6.07) is 13.9. The van der Waals surface area contributed by atoms with E-state index in [2.05, 4.69) is 15.3 Å². The van der Waals surface area contributed by atoms with E-state index in [0.29, 0.717) is 5.69 Å². The van der Waals surface area contributed by atoms with Gasteiger partial charge in [-0.25, -0.2) is 9.59 Å². The molecule has 0 saturated heterocycles. The minimum Gasteiger partial charge on any atom is -0.465 e. The third kappa shape index (κ3) is 4.83. The van der Waals surface area contributed by atoms with E-state index in [9.17, 15) is 14.4 Å². The van der Waals surface area contributed by atoms with Crippen LogP contribution in [0.2, 0.25) is 0 Å². The molecule has 7 nitrogen and oxygen atoms in total. The Morgan fingerprint density at radius 2 is 1.93 bits per heavy atom. The van der Waals surface area contributed by atoms with Crippen LogP contribution in [0, 0.1) is 6.92 Å². The number of hydrogen-bond acceptors (Lipinski definition) is 6. The number of nitrogens with one attached hydrogen (secondary N) is 2. The number of hydrogen-bond donors (Lipinski definition) is 2. The molecule has 29 heavy (non-hydrogen) atoms. The minimum atomic E-state index is -0.612. The molecule has 8 heteroatoms. The number of H-pyrrole nitrogens is 1. The van der Waals surface area contributed by atoms with Crippen molar-refractivity contribution in [2.75, 3.05) is 12.9 Å². The van der Waals surface area contributed by atoms with E-state index in [-0.39, 0.29) is 28.3 Å². The molecule has 0 aliphatic heterocycles. The fraction of sp³-hybridized carbons (Fsp3) is 0.238. The summed E-state index contributed by atoms with van der Waals surface area (Å²) in [7, 11) is 1.25. The monoisotopic (exact) mass is 411 g/mol. The maximum Gasteiger partial charge on any atom is 0.346 e. The number of nitrogens with zero attached hydrogens (tertiary/aromatic N) is 1. The van der Waals surface area contributed by atoms with Crippen molar-refractivity contribution in [3.63, 3.8) is 0 Å². The topological polar surface area (TPSA) is 101 Å². The first-order chi connectivity index (χ1) is 13.9. The Kier molecular flexibility index (Phi) is 6.33. The summed E-state index contributed by atoms with van der Waals surface area (Å²) >= 11 is 1.02. The number of esters is 1. The minimum absolute atomic E-state index is 0.0117. The summed E-state index contributed by atoms with van der Waals surface area (Å²) in [6.07, 6.45) is 0. The number of carbonyl (C=O) groups is 2. The number of aromatic amines is 1. The van der Waals surface area contributed by atoms with Gasteiger partial charge in [-0.05, 0) is 36.2 Å². The molecule has 150 valence electrons. The second-order valence-electron chi connectivity index (χ2n) is 6.52. The first-order valence-corrected chi connectivity index (χ1v) is 9.97. The van der Waals surface area contributed by atoms with Crippen LogP contribution in [0.5, 0.6) is 0 Å². The fourth-order valence-corrected chi connectivity index (χ4v) is 3.86. The van der Waals surface area contributed by atoms with Crippen molar-refractivity contribution >= 4 is 34.4 Å². The van der Waals surface area contributed by atoms with E-state index in [1.807, 2.05) is 49.4 Å². The highest BCUT2D eigenvalue weighted by Gasteiger charge is 2.20. The van der Waals surface area contributed by atoms with Gasteiger partial charge in [0.15, 0.2) is 0 Å². The van der Waals surface area contributed by atoms with Crippen molar-refractivity contribution in [1.29, 1.82) is 0 Å². The molecule has 0 radical (unpaired) electrons. The van der Waals surface area contributed by atoms with Crippen LogP contribution in [0.1, 0.15) is 34.6 Å². The third-order valence-corrected chi connectivity index (χ3v) is 5.44. The van der Waals surface area contributed by atoms with Crippen molar-refractivity contribution in [3.05, 3.63) is 69.8 Å². The quantitative estimate of drug-likeness (QED) is 0.367. The summed E-state index contributed by atoms with van der Waals surface area (Å²) in [5, 5.41) is 5.34. The highest BCUT2D eigenvalue weighted by molar-refractivity contribution is 8.00. The van der Waals surface area contributed by atoms with Gasteiger partial charge < -0.3 is 15.0 Å². The molecule has 2 N–H and O–H groups in total. The number of aromatic nitrogens is 2. The van der Waals surface area contributed by atoms with Gasteiger partial charge in [0.25, 0.3) is 0 Å². The molecule has 0 bridgehead atoms. The Bertz CT molecular complexity index is 1130. The van der Waals surface area contributed by atoms with E-state index in [1.54, 1.807) is 6.92 Å². The molecule has 1 heterocycles. The maximum atomic E-state index is 12.4. The second kappa shape index (κ2) is 8.91. The molecule has 1 atom stereocenters. The number of thioether (sulfide) groups is 1. The molecule has 1 amide bonds. The van der Waals surface area contributed by atoms with Crippen LogP contribution in [-0.4, -0.2) is 34.7 Å². The molecule has 2 aromatic carbocycles. The zero-order chi connectivity index (χ0) is 21.0.